The van der Waals surface area contributed by atoms with E-state index in [0.717, 1.165) is 5.92 Å². The second-order valence-corrected chi connectivity index (χ2v) is 5.49. The Balaban J connectivity index is 2.16. The molecule has 1 rings (SSSR count). The number of methoxy groups -OCH3 is 1. The summed E-state index contributed by atoms with van der Waals surface area (Å²) in [4.78, 5) is 11.7. The summed E-state index contributed by atoms with van der Waals surface area (Å²) < 4.78 is 4.99. The highest BCUT2D eigenvalue weighted by Gasteiger charge is 2.20. The van der Waals surface area contributed by atoms with Crippen LogP contribution >= 0.6 is 0 Å². The van der Waals surface area contributed by atoms with Crippen LogP contribution in [0, 0.1) is 5.92 Å². The molecule has 0 saturated heterocycles. The first-order valence-corrected chi connectivity index (χ1v) is 7.15. The molecule has 0 aromatic carbocycles. The molecule has 0 aromatic heterocycles. The largest absolute Gasteiger partial charge is 0.383 e. The van der Waals surface area contributed by atoms with Gasteiger partial charge < -0.3 is 15.4 Å². The average molecular weight is 256 g/mol. The van der Waals surface area contributed by atoms with Crippen LogP contribution in [0.15, 0.2) is 0 Å². The van der Waals surface area contributed by atoms with Crippen molar-refractivity contribution >= 4 is 5.91 Å². The third-order valence-corrected chi connectivity index (χ3v) is 3.77. The standard InChI is InChI=1S/C14H28N2O2/c1-11(10-18-3)16-14(17)9-15-12(2)13-7-5-4-6-8-13/h11-13,15H,4-10H2,1-3H3,(H,16,17). The number of ether oxygens (including phenoxy) is 1. The molecular formula is C14H28N2O2. The van der Waals surface area contributed by atoms with Crippen LogP contribution in [0.2, 0.25) is 0 Å². The zero-order valence-corrected chi connectivity index (χ0v) is 12.0. The molecule has 2 atom stereocenters. The minimum absolute atomic E-state index is 0.0576. The third kappa shape index (κ3) is 5.83. The van der Waals surface area contributed by atoms with Gasteiger partial charge in [-0.15, -0.1) is 0 Å². The normalized spacial score (nSPS) is 20.4. The van der Waals surface area contributed by atoms with Gasteiger partial charge in [0, 0.05) is 19.2 Å². The summed E-state index contributed by atoms with van der Waals surface area (Å²) in [5.74, 6) is 0.796. The maximum absolute atomic E-state index is 11.7. The Labute approximate surface area is 111 Å². The summed E-state index contributed by atoms with van der Waals surface area (Å²) >= 11 is 0. The number of hydrogen-bond donors (Lipinski definition) is 2. The van der Waals surface area contributed by atoms with Crippen molar-refractivity contribution in [2.75, 3.05) is 20.3 Å². The van der Waals surface area contributed by atoms with Gasteiger partial charge in [-0.3, -0.25) is 4.79 Å². The fourth-order valence-electron chi connectivity index (χ4n) is 2.67. The number of amides is 1. The quantitative estimate of drug-likeness (QED) is 0.729. The maximum atomic E-state index is 11.7. The van der Waals surface area contributed by atoms with Gasteiger partial charge in [-0.05, 0) is 32.6 Å². The first-order valence-electron chi connectivity index (χ1n) is 7.15. The van der Waals surface area contributed by atoms with E-state index in [1.54, 1.807) is 7.11 Å². The highest BCUT2D eigenvalue weighted by molar-refractivity contribution is 5.78. The molecule has 0 spiro atoms. The van der Waals surface area contributed by atoms with Crippen LogP contribution in [0.3, 0.4) is 0 Å². The lowest BCUT2D eigenvalue weighted by Gasteiger charge is -2.28. The van der Waals surface area contributed by atoms with E-state index in [4.69, 9.17) is 4.74 Å². The van der Waals surface area contributed by atoms with Gasteiger partial charge >= 0.3 is 0 Å². The molecule has 0 radical (unpaired) electrons. The van der Waals surface area contributed by atoms with Crippen molar-refractivity contribution in [3.63, 3.8) is 0 Å². The Hall–Kier alpha value is -0.610. The van der Waals surface area contributed by atoms with Crippen LogP contribution < -0.4 is 10.6 Å². The van der Waals surface area contributed by atoms with E-state index in [1.165, 1.54) is 32.1 Å². The summed E-state index contributed by atoms with van der Waals surface area (Å²) in [6, 6.07) is 0.517. The Morgan fingerprint density at radius 1 is 1.28 bits per heavy atom. The van der Waals surface area contributed by atoms with Crippen molar-refractivity contribution in [3.05, 3.63) is 0 Å². The fraction of sp³-hybridized carbons (Fsp3) is 0.929. The zero-order valence-electron chi connectivity index (χ0n) is 12.0. The van der Waals surface area contributed by atoms with Crippen LogP contribution in [0.5, 0.6) is 0 Å². The van der Waals surface area contributed by atoms with E-state index in [2.05, 4.69) is 17.6 Å². The van der Waals surface area contributed by atoms with E-state index in [-0.39, 0.29) is 11.9 Å². The molecule has 18 heavy (non-hydrogen) atoms. The highest BCUT2D eigenvalue weighted by Crippen LogP contribution is 2.26. The van der Waals surface area contributed by atoms with Crippen molar-refractivity contribution in [2.24, 2.45) is 5.92 Å². The van der Waals surface area contributed by atoms with Crippen molar-refractivity contribution in [2.45, 2.75) is 58.0 Å². The summed E-state index contributed by atoms with van der Waals surface area (Å²) in [5, 5.41) is 6.26. The van der Waals surface area contributed by atoms with Gasteiger partial charge in [0.2, 0.25) is 5.91 Å². The van der Waals surface area contributed by atoms with Gasteiger partial charge in [0.05, 0.1) is 13.2 Å². The molecule has 106 valence electrons. The van der Waals surface area contributed by atoms with Crippen LogP contribution in [-0.2, 0) is 9.53 Å². The van der Waals surface area contributed by atoms with Gasteiger partial charge in [0.1, 0.15) is 0 Å². The minimum atomic E-state index is 0.0576. The molecule has 0 aliphatic heterocycles. The molecule has 2 unspecified atom stereocenters. The Morgan fingerprint density at radius 2 is 1.94 bits per heavy atom. The second kappa shape index (κ2) is 8.48. The molecule has 4 heteroatoms. The monoisotopic (exact) mass is 256 g/mol. The first-order chi connectivity index (χ1) is 8.63. The SMILES string of the molecule is COCC(C)NC(=O)CNC(C)C1CCCCC1. The molecule has 1 aliphatic rings. The van der Waals surface area contributed by atoms with E-state index in [0.29, 0.717) is 19.2 Å². The topological polar surface area (TPSA) is 50.4 Å². The number of carbonyl (C=O) groups is 1. The van der Waals surface area contributed by atoms with Gasteiger partial charge in [-0.2, -0.15) is 0 Å². The van der Waals surface area contributed by atoms with Crippen LogP contribution in [0.1, 0.15) is 46.0 Å². The minimum Gasteiger partial charge on any atom is -0.383 e. The lowest BCUT2D eigenvalue weighted by atomic mass is 9.84. The summed E-state index contributed by atoms with van der Waals surface area (Å²) in [5.41, 5.74) is 0. The lowest BCUT2D eigenvalue weighted by molar-refractivity contribution is -0.121. The van der Waals surface area contributed by atoms with Crippen molar-refractivity contribution in [3.8, 4) is 0 Å². The number of nitrogens with one attached hydrogen (secondary N) is 2. The third-order valence-electron chi connectivity index (χ3n) is 3.77. The fourth-order valence-corrected chi connectivity index (χ4v) is 2.67. The van der Waals surface area contributed by atoms with Crippen LogP contribution in [0.25, 0.3) is 0 Å². The van der Waals surface area contributed by atoms with Gasteiger partial charge in [0.15, 0.2) is 0 Å². The maximum Gasteiger partial charge on any atom is 0.234 e. The number of rotatable bonds is 7. The average Bonchev–Trinajstić information content (AvgIpc) is 2.37. The van der Waals surface area contributed by atoms with Gasteiger partial charge in [-0.25, -0.2) is 0 Å². The van der Waals surface area contributed by atoms with Crippen LogP contribution in [-0.4, -0.2) is 38.3 Å². The molecule has 1 fully saturated rings. The molecule has 1 aliphatic carbocycles. The van der Waals surface area contributed by atoms with Gasteiger partial charge in [0.25, 0.3) is 0 Å². The zero-order chi connectivity index (χ0) is 13.4. The lowest BCUT2D eigenvalue weighted by Crippen LogP contribution is -2.44. The smallest absolute Gasteiger partial charge is 0.234 e. The molecule has 1 amide bonds. The van der Waals surface area contributed by atoms with E-state index >= 15 is 0 Å². The van der Waals surface area contributed by atoms with E-state index < -0.39 is 0 Å². The van der Waals surface area contributed by atoms with Gasteiger partial charge in [-0.1, -0.05) is 19.3 Å². The second-order valence-electron chi connectivity index (χ2n) is 5.49. The molecular weight excluding hydrogens is 228 g/mol. The first kappa shape index (κ1) is 15.4. The van der Waals surface area contributed by atoms with E-state index in [1.807, 2.05) is 6.92 Å². The Morgan fingerprint density at radius 3 is 2.56 bits per heavy atom. The summed E-state index contributed by atoms with van der Waals surface area (Å²) in [6.07, 6.45) is 6.66. The molecule has 2 N–H and O–H groups in total. The number of hydrogen-bond acceptors (Lipinski definition) is 3. The summed E-state index contributed by atoms with van der Waals surface area (Å²) in [6.45, 7) is 5.11. The van der Waals surface area contributed by atoms with Crippen LogP contribution in [0.4, 0.5) is 0 Å². The predicted octanol–water partition coefficient (Wildman–Crippen LogP) is 1.70. The predicted molar refractivity (Wildman–Crippen MR) is 73.5 cm³/mol. The Kier molecular flexibility index (Phi) is 7.28. The number of carbonyl (C=O) groups excluding carboxylic acids is 1. The Bertz CT molecular complexity index is 240. The van der Waals surface area contributed by atoms with Crippen molar-refractivity contribution in [1.29, 1.82) is 0 Å². The van der Waals surface area contributed by atoms with Crippen molar-refractivity contribution in [1.82, 2.24) is 10.6 Å². The van der Waals surface area contributed by atoms with E-state index in [9.17, 15) is 4.79 Å². The van der Waals surface area contributed by atoms with Crippen molar-refractivity contribution < 1.29 is 9.53 Å². The molecule has 0 heterocycles. The summed E-state index contributed by atoms with van der Waals surface area (Å²) in [7, 11) is 1.64. The molecule has 0 bridgehead atoms. The highest BCUT2D eigenvalue weighted by atomic mass is 16.5. The molecule has 4 nitrogen and oxygen atoms in total. The molecule has 0 aromatic rings. The molecule has 1 saturated carbocycles.